The Balaban J connectivity index is 2.25. The summed E-state index contributed by atoms with van der Waals surface area (Å²) in [5.41, 5.74) is 6.03. The predicted octanol–water partition coefficient (Wildman–Crippen LogP) is 2.32. The van der Waals surface area contributed by atoms with Crippen molar-refractivity contribution in [2.24, 2.45) is 0 Å². The van der Waals surface area contributed by atoms with E-state index in [1.807, 2.05) is 0 Å². The molecule has 0 aromatic heterocycles. The van der Waals surface area contributed by atoms with Crippen LogP contribution in [0.2, 0.25) is 0 Å². The lowest BCUT2D eigenvalue weighted by atomic mass is 10.1. The van der Waals surface area contributed by atoms with Gasteiger partial charge in [-0.25, -0.2) is 4.31 Å². The van der Waals surface area contributed by atoms with Crippen LogP contribution < -0.4 is 10.0 Å². The molecule has 5 N–H and O–H groups in total. The number of anilines is 3. The highest BCUT2D eigenvalue weighted by molar-refractivity contribution is 7.87. The molecule has 9 nitrogen and oxygen atoms in total. The van der Waals surface area contributed by atoms with Crippen LogP contribution >= 0.6 is 0 Å². The molecule has 0 amide bonds. The van der Waals surface area contributed by atoms with Crippen LogP contribution in [-0.4, -0.2) is 31.0 Å². The first kappa shape index (κ1) is 18.9. The fourth-order valence-corrected chi connectivity index (χ4v) is 3.92. The first-order valence-electron chi connectivity index (χ1n) is 7.34. The standard InChI is InChI=1S/C16H14N2O7S2/c17-11-1-3-12(4-2-11)18(27(23,24)25)13-5-6-15-10(7-13)8-14(9-16(15)19)26(20,21)22/h1-9,19H,17H2,(H,20,21,22)(H,23,24,25). The van der Waals surface area contributed by atoms with Gasteiger partial charge in [-0.05, 0) is 53.9 Å². The monoisotopic (exact) mass is 410 g/mol. The number of hydrogen-bond acceptors (Lipinski definition) is 6. The molecule has 0 aliphatic carbocycles. The third-order valence-electron chi connectivity index (χ3n) is 3.78. The van der Waals surface area contributed by atoms with Crippen molar-refractivity contribution in [1.82, 2.24) is 0 Å². The number of benzene rings is 3. The van der Waals surface area contributed by atoms with Crippen LogP contribution in [0.15, 0.2) is 59.5 Å². The van der Waals surface area contributed by atoms with Crippen LogP contribution in [0.5, 0.6) is 5.75 Å². The fourth-order valence-electron chi connectivity index (χ4n) is 2.61. The summed E-state index contributed by atoms with van der Waals surface area (Å²) in [7, 11) is -9.33. The Bertz CT molecular complexity index is 1240. The highest BCUT2D eigenvalue weighted by Crippen LogP contribution is 2.35. The van der Waals surface area contributed by atoms with Crippen molar-refractivity contribution in [3.05, 3.63) is 54.6 Å². The van der Waals surface area contributed by atoms with Crippen LogP contribution in [0, 0.1) is 0 Å². The van der Waals surface area contributed by atoms with E-state index in [1.54, 1.807) is 0 Å². The maximum atomic E-state index is 11.9. The molecule has 0 spiro atoms. The van der Waals surface area contributed by atoms with Gasteiger partial charge in [0.25, 0.3) is 10.1 Å². The molecular formula is C16H14N2O7S2. The van der Waals surface area contributed by atoms with E-state index in [1.165, 1.54) is 42.5 Å². The van der Waals surface area contributed by atoms with Crippen molar-refractivity contribution in [3.8, 4) is 5.75 Å². The number of phenolic OH excluding ortho intramolecular Hbond substituents is 1. The minimum Gasteiger partial charge on any atom is -0.507 e. The van der Waals surface area contributed by atoms with E-state index in [9.17, 15) is 31.0 Å². The van der Waals surface area contributed by atoms with Gasteiger partial charge in [-0.2, -0.15) is 16.8 Å². The van der Waals surface area contributed by atoms with Crippen molar-refractivity contribution < 1.29 is 31.0 Å². The summed E-state index contributed by atoms with van der Waals surface area (Å²) in [6, 6.07) is 11.5. The number of aromatic hydroxyl groups is 1. The van der Waals surface area contributed by atoms with E-state index in [-0.39, 0.29) is 22.1 Å². The third-order valence-corrected chi connectivity index (χ3v) is 5.49. The summed E-state index contributed by atoms with van der Waals surface area (Å²) >= 11 is 0. The predicted molar refractivity (Wildman–Crippen MR) is 100.0 cm³/mol. The lowest BCUT2D eigenvalue weighted by Gasteiger charge is -2.21. The Morgan fingerprint density at radius 1 is 0.815 bits per heavy atom. The smallest absolute Gasteiger partial charge is 0.364 e. The van der Waals surface area contributed by atoms with Gasteiger partial charge in [0, 0.05) is 17.1 Å². The molecule has 27 heavy (non-hydrogen) atoms. The van der Waals surface area contributed by atoms with Gasteiger partial charge in [-0.3, -0.25) is 9.11 Å². The molecule has 0 bridgehead atoms. The molecule has 0 saturated carbocycles. The molecule has 0 heterocycles. The van der Waals surface area contributed by atoms with Crippen LogP contribution in [0.4, 0.5) is 17.1 Å². The second-order valence-electron chi connectivity index (χ2n) is 5.66. The number of fused-ring (bicyclic) bond motifs is 1. The van der Waals surface area contributed by atoms with Crippen molar-refractivity contribution in [1.29, 1.82) is 0 Å². The maximum absolute atomic E-state index is 11.9. The van der Waals surface area contributed by atoms with Crippen molar-refractivity contribution >= 4 is 48.3 Å². The summed E-state index contributed by atoms with van der Waals surface area (Å²) in [5.74, 6) is -0.419. The number of nitrogens with zero attached hydrogens (tertiary/aromatic N) is 1. The van der Waals surface area contributed by atoms with Crippen LogP contribution in [0.1, 0.15) is 0 Å². The SMILES string of the molecule is Nc1ccc(N(c2ccc3c(O)cc(S(=O)(=O)O)cc3c2)S(=O)(=O)O)cc1. The number of nitrogen functional groups attached to an aromatic ring is 1. The molecule has 0 aliphatic heterocycles. The van der Waals surface area contributed by atoms with Gasteiger partial charge >= 0.3 is 10.3 Å². The quantitative estimate of drug-likeness (QED) is 0.377. The van der Waals surface area contributed by atoms with Crippen LogP contribution in [0.25, 0.3) is 10.8 Å². The van der Waals surface area contributed by atoms with Gasteiger partial charge in [0.05, 0.1) is 16.3 Å². The molecule has 0 unspecified atom stereocenters. The van der Waals surface area contributed by atoms with E-state index in [4.69, 9.17) is 5.73 Å². The van der Waals surface area contributed by atoms with E-state index in [2.05, 4.69) is 0 Å². The average molecular weight is 410 g/mol. The molecular weight excluding hydrogens is 396 g/mol. The Labute approximate surface area is 154 Å². The first-order valence-corrected chi connectivity index (χ1v) is 10.2. The van der Waals surface area contributed by atoms with Crippen LogP contribution in [0.3, 0.4) is 0 Å². The molecule has 142 valence electrons. The van der Waals surface area contributed by atoms with Crippen molar-refractivity contribution in [2.45, 2.75) is 4.90 Å². The number of nitrogens with two attached hydrogens (primary N) is 1. The Morgan fingerprint density at radius 3 is 1.96 bits per heavy atom. The van der Waals surface area contributed by atoms with Gasteiger partial charge in [0.1, 0.15) is 5.75 Å². The summed E-state index contributed by atoms with van der Waals surface area (Å²) in [4.78, 5) is -0.560. The highest BCUT2D eigenvalue weighted by atomic mass is 32.2. The lowest BCUT2D eigenvalue weighted by Crippen LogP contribution is -2.25. The van der Waals surface area contributed by atoms with E-state index >= 15 is 0 Å². The van der Waals surface area contributed by atoms with E-state index < -0.39 is 31.1 Å². The highest BCUT2D eigenvalue weighted by Gasteiger charge is 2.23. The largest absolute Gasteiger partial charge is 0.507 e. The molecule has 0 fully saturated rings. The summed E-state index contributed by atoms with van der Waals surface area (Å²) in [6.07, 6.45) is 0. The average Bonchev–Trinajstić information content (AvgIpc) is 2.54. The number of hydrogen-bond donors (Lipinski definition) is 4. The van der Waals surface area contributed by atoms with Crippen molar-refractivity contribution in [3.63, 3.8) is 0 Å². The minimum absolute atomic E-state index is 0.0262. The molecule has 3 aromatic carbocycles. The van der Waals surface area contributed by atoms with E-state index in [0.717, 1.165) is 12.1 Å². The van der Waals surface area contributed by atoms with Crippen LogP contribution in [-0.2, 0) is 20.4 Å². The summed E-state index contributed by atoms with van der Waals surface area (Å²) in [6.45, 7) is 0. The zero-order chi connectivity index (χ0) is 20.0. The normalized spacial score (nSPS) is 12.2. The summed E-state index contributed by atoms with van der Waals surface area (Å²) in [5, 5.41) is 10.3. The molecule has 0 atom stereocenters. The molecule has 0 saturated heterocycles. The van der Waals surface area contributed by atoms with E-state index in [0.29, 0.717) is 9.99 Å². The van der Waals surface area contributed by atoms with Gasteiger partial charge in [0.2, 0.25) is 0 Å². The number of rotatable bonds is 4. The molecule has 0 aliphatic rings. The number of phenols is 1. The minimum atomic E-state index is -4.74. The Morgan fingerprint density at radius 2 is 1.41 bits per heavy atom. The lowest BCUT2D eigenvalue weighted by molar-refractivity contribution is 0.471. The van der Waals surface area contributed by atoms with Gasteiger partial charge < -0.3 is 10.8 Å². The van der Waals surface area contributed by atoms with Gasteiger partial charge in [0.15, 0.2) is 0 Å². The topological polar surface area (TPSA) is 158 Å². The Kier molecular flexibility index (Phi) is 4.48. The Hall–Kier alpha value is -2.86. The molecule has 11 heteroatoms. The fraction of sp³-hybridized carbons (Fsp3) is 0. The van der Waals surface area contributed by atoms with Gasteiger partial charge in [-0.15, -0.1) is 0 Å². The molecule has 0 radical (unpaired) electrons. The first-order chi connectivity index (χ1) is 12.5. The second kappa shape index (κ2) is 6.39. The maximum Gasteiger partial charge on any atom is 0.364 e. The van der Waals surface area contributed by atoms with Gasteiger partial charge in [-0.1, -0.05) is 0 Å². The zero-order valence-electron chi connectivity index (χ0n) is 13.5. The molecule has 3 aromatic rings. The van der Waals surface area contributed by atoms with Crippen molar-refractivity contribution in [2.75, 3.05) is 10.0 Å². The summed E-state index contributed by atoms with van der Waals surface area (Å²) < 4.78 is 66.0. The molecule has 3 rings (SSSR count). The third kappa shape index (κ3) is 3.80. The zero-order valence-corrected chi connectivity index (χ0v) is 15.1. The second-order valence-corrected chi connectivity index (χ2v) is 8.34.